The summed E-state index contributed by atoms with van der Waals surface area (Å²) in [6.07, 6.45) is 0. The molecule has 0 unspecified atom stereocenters. The third-order valence-corrected chi connectivity index (χ3v) is 4.66. The first kappa shape index (κ1) is 21.8. The molecule has 6 heteroatoms. The van der Waals surface area contributed by atoms with Gasteiger partial charge in [-0.25, -0.2) is 4.79 Å². The quantitative estimate of drug-likeness (QED) is 0.446. The summed E-state index contributed by atoms with van der Waals surface area (Å²) in [5.41, 5.74) is 2.71. The number of ether oxygens (including phenoxy) is 2. The number of amides is 1. The molecule has 0 aromatic heterocycles. The standard InChI is InChI=1S/C25H23NO5/c1-17-10-12-19(13-11-17)24(28)21-8-3-4-9-22(21)25(29)31-16-23(27)26-15-18-6-5-7-20(14-18)30-2/h3-14H,15-16H2,1-2H3,(H,26,27). The topological polar surface area (TPSA) is 81.7 Å². The Hall–Kier alpha value is -3.93. The molecule has 1 N–H and O–H groups in total. The highest BCUT2D eigenvalue weighted by Crippen LogP contribution is 2.17. The first-order valence-corrected chi connectivity index (χ1v) is 9.75. The maximum Gasteiger partial charge on any atom is 0.339 e. The van der Waals surface area contributed by atoms with Crippen LogP contribution in [-0.2, 0) is 16.1 Å². The Kier molecular flexibility index (Phi) is 7.17. The van der Waals surface area contributed by atoms with Gasteiger partial charge in [-0.05, 0) is 30.7 Å². The van der Waals surface area contributed by atoms with E-state index < -0.39 is 18.5 Å². The van der Waals surface area contributed by atoms with Crippen molar-refractivity contribution in [2.24, 2.45) is 0 Å². The van der Waals surface area contributed by atoms with Gasteiger partial charge in [0.25, 0.3) is 5.91 Å². The van der Waals surface area contributed by atoms with Crippen molar-refractivity contribution >= 4 is 17.7 Å². The number of rotatable bonds is 8. The molecule has 0 radical (unpaired) electrons. The summed E-state index contributed by atoms with van der Waals surface area (Å²) >= 11 is 0. The van der Waals surface area contributed by atoms with Crippen LogP contribution in [0.15, 0.2) is 72.8 Å². The summed E-state index contributed by atoms with van der Waals surface area (Å²) in [4.78, 5) is 37.5. The van der Waals surface area contributed by atoms with Gasteiger partial charge in [-0.3, -0.25) is 9.59 Å². The number of carbonyl (C=O) groups is 3. The fourth-order valence-corrected chi connectivity index (χ4v) is 2.96. The van der Waals surface area contributed by atoms with Crippen molar-refractivity contribution in [2.75, 3.05) is 13.7 Å². The van der Waals surface area contributed by atoms with Crippen LogP contribution in [0.2, 0.25) is 0 Å². The van der Waals surface area contributed by atoms with E-state index in [0.29, 0.717) is 11.3 Å². The Labute approximate surface area is 180 Å². The molecule has 158 valence electrons. The van der Waals surface area contributed by atoms with E-state index in [2.05, 4.69) is 5.32 Å². The van der Waals surface area contributed by atoms with Gasteiger partial charge in [-0.2, -0.15) is 0 Å². The second-order valence-corrected chi connectivity index (χ2v) is 6.95. The third-order valence-electron chi connectivity index (χ3n) is 4.66. The van der Waals surface area contributed by atoms with Gasteiger partial charge in [-0.1, -0.05) is 60.2 Å². The van der Waals surface area contributed by atoms with Crippen LogP contribution in [0.3, 0.4) is 0 Å². The molecule has 3 rings (SSSR count). The van der Waals surface area contributed by atoms with Crippen LogP contribution in [0, 0.1) is 6.92 Å². The van der Waals surface area contributed by atoms with Gasteiger partial charge in [0.1, 0.15) is 5.75 Å². The lowest BCUT2D eigenvalue weighted by Crippen LogP contribution is -2.28. The Morgan fingerprint density at radius 1 is 0.871 bits per heavy atom. The maximum absolute atomic E-state index is 12.8. The van der Waals surface area contributed by atoms with E-state index in [9.17, 15) is 14.4 Å². The molecule has 0 atom stereocenters. The molecule has 6 nitrogen and oxygen atoms in total. The van der Waals surface area contributed by atoms with Gasteiger partial charge in [-0.15, -0.1) is 0 Å². The Balaban J connectivity index is 1.61. The zero-order valence-electron chi connectivity index (χ0n) is 17.4. The van der Waals surface area contributed by atoms with Gasteiger partial charge in [0.2, 0.25) is 0 Å². The minimum Gasteiger partial charge on any atom is -0.497 e. The van der Waals surface area contributed by atoms with Crippen LogP contribution < -0.4 is 10.1 Å². The summed E-state index contributed by atoms with van der Waals surface area (Å²) in [7, 11) is 1.57. The largest absolute Gasteiger partial charge is 0.497 e. The summed E-state index contributed by atoms with van der Waals surface area (Å²) in [5, 5.41) is 2.69. The zero-order valence-corrected chi connectivity index (χ0v) is 17.4. The van der Waals surface area contributed by atoms with E-state index in [1.807, 2.05) is 37.3 Å². The number of carbonyl (C=O) groups excluding carboxylic acids is 3. The number of esters is 1. The Bertz CT molecular complexity index is 1090. The highest BCUT2D eigenvalue weighted by Gasteiger charge is 2.19. The number of aryl methyl sites for hydroxylation is 1. The van der Waals surface area contributed by atoms with E-state index in [0.717, 1.165) is 11.1 Å². The molecule has 0 bridgehead atoms. The molecule has 0 aliphatic carbocycles. The van der Waals surface area contributed by atoms with Crippen LogP contribution in [0.1, 0.15) is 37.4 Å². The minimum atomic E-state index is -0.729. The Morgan fingerprint density at radius 3 is 2.29 bits per heavy atom. The summed E-state index contributed by atoms with van der Waals surface area (Å²) in [6, 6.07) is 20.8. The second-order valence-electron chi connectivity index (χ2n) is 6.95. The molecule has 0 spiro atoms. The number of benzene rings is 3. The van der Waals surface area contributed by atoms with Crippen LogP contribution in [-0.4, -0.2) is 31.4 Å². The third kappa shape index (κ3) is 5.79. The van der Waals surface area contributed by atoms with Gasteiger partial charge >= 0.3 is 5.97 Å². The van der Waals surface area contributed by atoms with E-state index in [1.165, 1.54) is 6.07 Å². The first-order valence-electron chi connectivity index (χ1n) is 9.75. The van der Waals surface area contributed by atoms with Gasteiger partial charge in [0.15, 0.2) is 12.4 Å². The molecule has 3 aromatic carbocycles. The van der Waals surface area contributed by atoms with Crippen molar-refractivity contribution in [1.82, 2.24) is 5.32 Å². The summed E-state index contributed by atoms with van der Waals surface area (Å²) in [6.45, 7) is 1.75. The van der Waals surface area contributed by atoms with Gasteiger partial charge < -0.3 is 14.8 Å². The molecule has 0 fully saturated rings. The molecule has 0 aliphatic heterocycles. The monoisotopic (exact) mass is 417 g/mol. The Morgan fingerprint density at radius 2 is 1.58 bits per heavy atom. The molecule has 0 heterocycles. The number of methoxy groups -OCH3 is 1. The fraction of sp³-hybridized carbons (Fsp3) is 0.160. The predicted molar refractivity (Wildman–Crippen MR) is 116 cm³/mol. The number of hydrogen-bond donors (Lipinski definition) is 1. The molecule has 3 aromatic rings. The zero-order chi connectivity index (χ0) is 22.2. The van der Waals surface area contributed by atoms with E-state index in [4.69, 9.17) is 9.47 Å². The lowest BCUT2D eigenvalue weighted by Gasteiger charge is -2.10. The number of nitrogens with one attached hydrogen (secondary N) is 1. The smallest absolute Gasteiger partial charge is 0.339 e. The SMILES string of the molecule is COc1cccc(CNC(=O)COC(=O)c2ccccc2C(=O)c2ccc(C)cc2)c1. The molecular weight excluding hydrogens is 394 g/mol. The second kappa shape index (κ2) is 10.2. The van der Waals surface area contributed by atoms with Crippen LogP contribution in [0.25, 0.3) is 0 Å². The van der Waals surface area contributed by atoms with Crippen molar-refractivity contribution in [3.05, 3.63) is 101 Å². The van der Waals surface area contributed by atoms with Crippen molar-refractivity contribution in [3.63, 3.8) is 0 Å². The molecule has 0 saturated carbocycles. The molecule has 31 heavy (non-hydrogen) atoms. The first-order chi connectivity index (χ1) is 15.0. The number of ketones is 1. The van der Waals surface area contributed by atoms with E-state index >= 15 is 0 Å². The lowest BCUT2D eigenvalue weighted by molar-refractivity contribution is -0.124. The van der Waals surface area contributed by atoms with E-state index in [1.54, 1.807) is 43.5 Å². The molecule has 1 amide bonds. The van der Waals surface area contributed by atoms with Crippen LogP contribution >= 0.6 is 0 Å². The van der Waals surface area contributed by atoms with Crippen LogP contribution in [0.5, 0.6) is 5.75 Å². The van der Waals surface area contributed by atoms with Crippen LogP contribution in [0.4, 0.5) is 0 Å². The molecule has 0 aliphatic rings. The highest BCUT2D eigenvalue weighted by atomic mass is 16.5. The minimum absolute atomic E-state index is 0.119. The van der Waals surface area contributed by atoms with Crippen molar-refractivity contribution in [1.29, 1.82) is 0 Å². The average molecular weight is 417 g/mol. The lowest BCUT2D eigenvalue weighted by atomic mass is 9.98. The van der Waals surface area contributed by atoms with Crippen molar-refractivity contribution in [3.8, 4) is 5.75 Å². The van der Waals surface area contributed by atoms with Crippen molar-refractivity contribution < 1.29 is 23.9 Å². The fourth-order valence-electron chi connectivity index (χ4n) is 2.96. The van der Waals surface area contributed by atoms with Gasteiger partial charge in [0, 0.05) is 17.7 Å². The number of hydrogen-bond acceptors (Lipinski definition) is 5. The normalized spacial score (nSPS) is 10.3. The van der Waals surface area contributed by atoms with E-state index in [-0.39, 0.29) is 23.5 Å². The molecule has 0 saturated heterocycles. The summed E-state index contributed by atoms with van der Waals surface area (Å²) in [5.74, 6) is -0.769. The van der Waals surface area contributed by atoms with Gasteiger partial charge in [0.05, 0.1) is 12.7 Å². The molecular formula is C25H23NO5. The highest BCUT2D eigenvalue weighted by molar-refractivity contribution is 6.14. The maximum atomic E-state index is 12.8. The van der Waals surface area contributed by atoms with Crippen molar-refractivity contribution in [2.45, 2.75) is 13.5 Å². The average Bonchev–Trinajstić information content (AvgIpc) is 2.81. The predicted octanol–water partition coefficient (Wildman–Crippen LogP) is 3.71. The summed E-state index contributed by atoms with van der Waals surface area (Å²) < 4.78 is 10.3.